The van der Waals surface area contributed by atoms with E-state index in [0.717, 1.165) is 17.1 Å². The summed E-state index contributed by atoms with van der Waals surface area (Å²) in [5.41, 5.74) is 5.22. The molecule has 1 N–H and O–H groups in total. The summed E-state index contributed by atoms with van der Waals surface area (Å²) in [5.74, 6) is 0.269. The summed E-state index contributed by atoms with van der Waals surface area (Å²) in [6.45, 7) is 4.14. The van der Waals surface area contributed by atoms with Gasteiger partial charge in [-0.15, -0.1) is 0 Å². The van der Waals surface area contributed by atoms with Crippen molar-refractivity contribution in [2.75, 3.05) is 4.90 Å². The molecule has 0 aliphatic rings. The molecule has 0 radical (unpaired) electrons. The third-order valence-electron chi connectivity index (χ3n) is 3.64. The quantitative estimate of drug-likeness (QED) is 0.690. The average Bonchev–Trinajstić information content (AvgIpc) is 2.50. The summed E-state index contributed by atoms with van der Waals surface area (Å²) in [6.07, 6.45) is 0. The second-order valence-electron chi connectivity index (χ2n) is 5.50. The van der Waals surface area contributed by atoms with E-state index in [4.69, 9.17) is 0 Å². The molecule has 0 aromatic heterocycles. The molecule has 2 heteroatoms. The number of nitrogens with zero attached hydrogens (tertiary/aromatic N) is 1. The fraction of sp³-hybridized carbons (Fsp3) is 0.100. The molecule has 0 saturated carbocycles. The predicted octanol–water partition coefficient (Wildman–Crippen LogP) is 5.48. The van der Waals surface area contributed by atoms with Crippen LogP contribution in [-0.2, 0) is 0 Å². The third kappa shape index (κ3) is 2.82. The van der Waals surface area contributed by atoms with Gasteiger partial charge in [-0.1, -0.05) is 36.4 Å². The molecule has 0 aliphatic heterocycles. The Morgan fingerprint density at radius 2 is 1.23 bits per heavy atom. The fourth-order valence-corrected chi connectivity index (χ4v) is 2.61. The first-order valence-corrected chi connectivity index (χ1v) is 7.36. The van der Waals surface area contributed by atoms with Crippen molar-refractivity contribution in [1.82, 2.24) is 0 Å². The predicted molar refractivity (Wildman–Crippen MR) is 92.3 cm³/mol. The number of aryl methyl sites for hydroxylation is 2. The first-order valence-electron chi connectivity index (χ1n) is 7.36. The summed E-state index contributed by atoms with van der Waals surface area (Å²) in [5, 5.41) is 10.3. The number of anilines is 3. The van der Waals surface area contributed by atoms with Gasteiger partial charge in [0.2, 0.25) is 0 Å². The number of rotatable bonds is 3. The smallest absolute Gasteiger partial charge is 0.139 e. The number of hydrogen-bond donors (Lipinski definition) is 1. The maximum absolute atomic E-state index is 10.3. The number of phenolic OH excluding ortho intramolecular Hbond substituents is 1. The van der Waals surface area contributed by atoms with E-state index in [-0.39, 0.29) is 5.75 Å². The van der Waals surface area contributed by atoms with Crippen molar-refractivity contribution in [2.24, 2.45) is 0 Å². The van der Waals surface area contributed by atoms with Crippen molar-refractivity contribution >= 4 is 17.1 Å². The lowest BCUT2D eigenvalue weighted by Crippen LogP contribution is -2.10. The Bertz CT molecular complexity index is 749. The van der Waals surface area contributed by atoms with Crippen molar-refractivity contribution in [1.29, 1.82) is 0 Å². The number of hydrogen-bond acceptors (Lipinski definition) is 2. The summed E-state index contributed by atoms with van der Waals surface area (Å²) < 4.78 is 0. The first-order chi connectivity index (χ1) is 10.6. The minimum absolute atomic E-state index is 0.269. The van der Waals surface area contributed by atoms with Crippen LogP contribution in [0.4, 0.5) is 17.1 Å². The highest BCUT2D eigenvalue weighted by Gasteiger charge is 2.15. The van der Waals surface area contributed by atoms with Crippen molar-refractivity contribution in [3.05, 3.63) is 83.9 Å². The molecule has 110 valence electrons. The Balaban J connectivity index is 2.21. The highest BCUT2D eigenvalue weighted by Crippen LogP contribution is 2.39. The van der Waals surface area contributed by atoms with Crippen molar-refractivity contribution < 1.29 is 5.11 Å². The van der Waals surface area contributed by atoms with Gasteiger partial charge in [-0.3, -0.25) is 0 Å². The molecule has 2 nitrogen and oxygen atoms in total. The van der Waals surface area contributed by atoms with E-state index >= 15 is 0 Å². The number of benzene rings is 3. The van der Waals surface area contributed by atoms with Crippen LogP contribution in [-0.4, -0.2) is 5.11 Å². The van der Waals surface area contributed by atoms with Gasteiger partial charge >= 0.3 is 0 Å². The SMILES string of the molecule is Cc1cccc(N(c2cccc(C)c2)c2ccccc2O)c1. The van der Waals surface area contributed by atoms with Gasteiger partial charge in [-0.25, -0.2) is 0 Å². The van der Waals surface area contributed by atoms with E-state index in [1.165, 1.54) is 11.1 Å². The number of aromatic hydroxyl groups is 1. The van der Waals surface area contributed by atoms with Gasteiger partial charge in [0.15, 0.2) is 0 Å². The zero-order valence-electron chi connectivity index (χ0n) is 12.8. The summed E-state index contributed by atoms with van der Waals surface area (Å²) in [6, 6.07) is 24.0. The zero-order valence-corrected chi connectivity index (χ0v) is 12.8. The maximum Gasteiger partial charge on any atom is 0.139 e. The third-order valence-corrected chi connectivity index (χ3v) is 3.64. The molecule has 0 bridgehead atoms. The summed E-state index contributed by atoms with van der Waals surface area (Å²) >= 11 is 0. The van der Waals surface area contributed by atoms with Crippen LogP contribution >= 0.6 is 0 Å². The Morgan fingerprint density at radius 3 is 1.73 bits per heavy atom. The molecule has 0 unspecified atom stereocenters. The van der Waals surface area contributed by atoms with Crippen molar-refractivity contribution in [3.63, 3.8) is 0 Å². The largest absolute Gasteiger partial charge is 0.506 e. The summed E-state index contributed by atoms with van der Waals surface area (Å²) in [7, 11) is 0. The van der Waals surface area contributed by atoms with Crippen LogP contribution in [0.15, 0.2) is 72.8 Å². The molecule has 22 heavy (non-hydrogen) atoms. The molecule has 0 spiro atoms. The molecule has 0 amide bonds. The van der Waals surface area contributed by atoms with Crippen LogP contribution in [0.25, 0.3) is 0 Å². The van der Waals surface area contributed by atoms with Crippen LogP contribution in [0.1, 0.15) is 11.1 Å². The molecule has 3 aromatic carbocycles. The Labute approximate surface area is 131 Å². The van der Waals surface area contributed by atoms with Crippen LogP contribution < -0.4 is 4.90 Å². The van der Waals surface area contributed by atoms with Gasteiger partial charge in [0, 0.05) is 11.4 Å². The minimum atomic E-state index is 0.269. The molecule has 3 aromatic rings. The molecule has 0 saturated heterocycles. The molecular weight excluding hydrogens is 270 g/mol. The van der Waals surface area contributed by atoms with E-state index in [9.17, 15) is 5.11 Å². The maximum atomic E-state index is 10.3. The standard InChI is InChI=1S/C20H19NO/c1-15-7-5-9-17(13-15)21(18-10-6-8-16(2)14-18)19-11-3-4-12-20(19)22/h3-14,22H,1-2H3. The fourth-order valence-electron chi connectivity index (χ4n) is 2.61. The molecule has 0 heterocycles. The first kappa shape index (κ1) is 14.2. The topological polar surface area (TPSA) is 23.5 Å². The van der Waals surface area contributed by atoms with Gasteiger partial charge in [-0.05, 0) is 61.4 Å². The van der Waals surface area contributed by atoms with Crippen LogP contribution in [0.5, 0.6) is 5.75 Å². The van der Waals surface area contributed by atoms with E-state index in [0.29, 0.717) is 0 Å². The second-order valence-corrected chi connectivity index (χ2v) is 5.50. The van der Waals surface area contributed by atoms with E-state index in [1.54, 1.807) is 6.07 Å². The monoisotopic (exact) mass is 289 g/mol. The van der Waals surface area contributed by atoms with Crippen LogP contribution in [0.2, 0.25) is 0 Å². The lowest BCUT2D eigenvalue weighted by atomic mass is 10.1. The van der Waals surface area contributed by atoms with Gasteiger partial charge in [0.05, 0.1) is 5.69 Å². The van der Waals surface area contributed by atoms with Crippen LogP contribution in [0.3, 0.4) is 0 Å². The normalized spacial score (nSPS) is 10.5. The molecule has 0 aliphatic carbocycles. The molecule has 0 atom stereocenters. The Kier molecular flexibility index (Phi) is 3.84. The van der Waals surface area contributed by atoms with Crippen molar-refractivity contribution in [2.45, 2.75) is 13.8 Å². The lowest BCUT2D eigenvalue weighted by Gasteiger charge is -2.26. The highest BCUT2D eigenvalue weighted by atomic mass is 16.3. The summed E-state index contributed by atoms with van der Waals surface area (Å²) in [4.78, 5) is 2.08. The van der Waals surface area contributed by atoms with E-state index in [2.05, 4.69) is 55.1 Å². The highest BCUT2D eigenvalue weighted by molar-refractivity contribution is 5.80. The average molecular weight is 289 g/mol. The Hall–Kier alpha value is -2.74. The molecule has 3 rings (SSSR count). The number of phenols is 1. The molecular formula is C20H19NO. The minimum Gasteiger partial charge on any atom is -0.506 e. The van der Waals surface area contributed by atoms with Gasteiger partial charge in [-0.2, -0.15) is 0 Å². The number of para-hydroxylation sites is 2. The Morgan fingerprint density at radius 1 is 0.682 bits per heavy atom. The molecule has 0 fully saturated rings. The van der Waals surface area contributed by atoms with Crippen LogP contribution in [0, 0.1) is 13.8 Å². The van der Waals surface area contributed by atoms with Gasteiger partial charge < -0.3 is 10.0 Å². The lowest BCUT2D eigenvalue weighted by molar-refractivity contribution is 0.476. The van der Waals surface area contributed by atoms with Gasteiger partial charge in [0.1, 0.15) is 5.75 Å². The van der Waals surface area contributed by atoms with Gasteiger partial charge in [0.25, 0.3) is 0 Å². The van der Waals surface area contributed by atoms with E-state index in [1.807, 2.05) is 30.3 Å². The van der Waals surface area contributed by atoms with E-state index < -0.39 is 0 Å². The second kappa shape index (κ2) is 5.94. The van der Waals surface area contributed by atoms with Crippen molar-refractivity contribution in [3.8, 4) is 5.75 Å². The zero-order chi connectivity index (χ0) is 15.5.